The third-order valence-corrected chi connectivity index (χ3v) is 4.29. The zero-order valence-electron chi connectivity index (χ0n) is 11.6. The maximum absolute atomic E-state index is 12.1. The zero-order chi connectivity index (χ0) is 12.8. The first kappa shape index (κ1) is 13.8. The number of nitrogens with zero attached hydrogens (tertiary/aromatic N) is 1. The van der Waals surface area contributed by atoms with Crippen LogP contribution < -0.4 is 10.6 Å². The Bertz CT molecular complexity index is 262. The highest BCUT2D eigenvalue weighted by atomic mass is 16.1. The molecule has 0 aromatic rings. The smallest absolute Gasteiger partial charge is 0.221 e. The van der Waals surface area contributed by atoms with Gasteiger partial charge in [0.15, 0.2) is 0 Å². The van der Waals surface area contributed by atoms with E-state index in [1.165, 1.54) is 38.5 Å². The maximum Gasteiger partial charge on any atom is 0.221 e. The Morgan fingerprint density at radius 1 is 1.28 bits per heavy atom. The first-order chi connectivity index (χ1) is 8.75. The molecule has 18 heavy (non-hydrogen) atoms. The van der Waals surface area contributed by atoms with Crippen LogP contribution in [0.3, 0.4) is 0 Å². The molecule has 1 saturated carbocycles. The van der Waals surface area contributed by atoms with Crippen molar-refractivity contribution >= 4 is 5.91 Å². The minimum absolute atomic E-state index is 0.238. The number of hydrogen-bond donors (Lipinski definition) is 2. The van der Waals surface area contributed by atoms with Crippen molar-refractivity contribution in [1.29, 1.82) is 0 Å². The Balaban J connectivity index is 1.73. The van der Waals surface area contributed by atoms with Gasteiger partial charge in [0.2, 0.25) is 5.91 Å². The molecule has 1 unspecified atom stereocenters. The van der Waals surface area contributed by atoms with Gasteiger partial charge in [-0.05, 0) is 19.9 Å². The Morgan fingerprint density at radius 3 is 2.67 bits per heavy atom. The third-order valence-electron chi connectivity index (χ3n) is 4.29. The van der Waals surface area contributed by atoms with Crippen molar-refractivity contribution in [2.24, 2.45) is 0 Å². The first-order valence-electron chi connectivity index (χ1n) is 7.46. The van der Waals surface area contributed by atoms with Gasteiger partial charge in [0.1, 0.15) is 0 Å². The van der Waals surface area contributed by atoms with E-state index in [4.69, 9.17) is 0 Å². The lowest BCUT2D eigenvalue weighted by atomic mass is 10.1. The quantitative estimate of drug-likeness (QED) is 0.741. The highest BCUT2D eigenvalue weighted by Crippen LogP contribution is 2.17. The van der Waals surface area contributed by atoms with Crippen molar-refractivity contribution < 1.29 is 4.79 Å². The fourth-order valence-corrected chi connectivity index (χ4v) is 3.01. The first-order valence-corrected chi connectivity index (χ1v) is 7.46. The predicted octanol–water partition coefficient (Wildman–Crippen LogP) is 1.12. The second-order valence-electron chi connectivity index (χ2n) is 5.80. The van der Waals surface area contributed by atoms with Gasteiger partial charge in [0.25, 0.3) is 0 Å². The number of amides is 1. The SMILES string of the molecule is CN1CCNCC1CC(=O)NC1CCCCCC1. The Morgan fingerprint density at radius 2 is 2.00 bits per heavy atom. The fraction of sp³-hybridized carbons (Fsp3) is 0.929. The highest BCUT2D eigenvalue weighted by Gasteiger charge is 2.22. The molecule has 2 aliphatic rings. The number of hydrogen-bond acceptors (Lipinski definition) is 3. The molecule has 4 heteroatoms. The summed E-state index contributed by atoms with van der Waals surface area (Å²) in [4.78, 5) is 14.4. The maximum atomic E-state index is 12.1. The van der Waals surface area contributed by atoms with Crippen molar-refractivity contribution in [3.8, 4) is 0 Å². The van der Waals surface area contributed by atoms with Gasteiger partial charge in [-0.15, -0.1) is 0 Å². The molecule has 4 nitrogen and oxygen atoms in total. The molecule has 1 aliphatic carbocycles. The third kappa shape index (κ3) is 4.25. The van der Waals surface area contributed by atoms with Crippen LogP contribution in [0.5, 0.6) is 0 Å². The zero-order valence-corrected chi connectivity index (χ0v) is 11.6. The monoisotopic (exact) mass is 253 g/mol. The molecular formula is C14H27N3O. The average Bonchev–Trinajstić information content (AvgIpc) is 2.61. The average molecular weight is 253 g/mol. The largest absolute Gasteiger partial charge is 0.353 e. The number of likely N-dealkylation sites (N-methyl/N-ethyl adjacent to an activating group) is 1. The summed E-state index contributed by atoms with van der Waals surface area (Å²) in [6.45, 7) is 3.02. The Hall–Kier alpha value is -0.610. The van der Waals surface area contributed by atoms with Crippen LogP contribution in [0, 0.1) is 0 Å². The summed E-state index contributed by atoms with van der Waals surface area (Å²) >= 11 is 0. The molecule has 104 valence electrons. The summed E-state index contributed by atoms with van der Waals surface area (Å²) in [7, 11) is 2.12. The molecule has 0 aromatic carbocycles. The van der Waals surface area contributed by atoms with Crippen molar-refractivity contribution in [2.75, 3.05) is 26.7 Å². The number of carbonyl (C=O) groups is 1. The van der Waals surface area contributed by atoms with Gasteiger partial charge in [-0.25, -0.2) is 0 Å². The van der Waals surface area contributed by atoms with Crippen LogP contribution in [0.15, 0.2) is 0 Å². The Labute approximate surface area is 110 Å². The van der Waals surface area contributed by atoms with Crippen LogP contribution in [0.25, 0.3) is 0 Å². The number of carbonyl (C=O) groups excluding carboxylic acids is 1. The number of piperazine rings is 1. The van der Waals surface area contributed by atoms with Gasteiger partial charge in [-0.3, -0.25) is 4.79 Å². The topological polar surface area (TPSA) is 44.4 Å². The second kappa shape index (κ2) is 7.10. The summed E-state index contributed by atoms with van der Waals surface area (Å²) in [5, 5.41) is 6.60. The lowest BCUT2D eigenvalue weighted by Crippen LogP contribution is -2.51. The number of rotatable bonds is 3. The molecule has 2 fully saturated rings. The van der Waals surface area contributed by atoms with Crippen molar-refractivity contribution in [2.45, 2.75) is 57.0 Å². The van der Waals surface area contributed by atoms with Gasteiger partial charge in [0, 0.05) is 38.1 Å². The molecular weight excluding hydrogens is 226 g/mol. The van der Waals surface area contributed by atoms with E-state index in [-0.39, 0.29) is 5.91 Å². The van der Waals surface area contributed by atoms with E-state index >= 15 is 0 Å². The van der Waals surface area contributed by atoms with Crippen LogP contribution in [-0.2, 0) is 4.79 Å². The van der Waals surface area contributed by atoms with Crippen LogP contribution in [0.1, 0.15) is 44.9 Å². The van der Waals surface area contributed by atoms with E-state index in [2.05, 4.69) is 22.6 Å². The summed E-state index contributed by atoms with van der Waals surface area (Å²) in [5.41, 5.74) is 0. The van der Waals surface area contributed by atoms with Crippen molar-refractivity contribution in [1.82, 2.24) is 15.5 Å². The molecule has 1 atom stereocenters. The summed E-state index contributed by atoms with van der Waals surface area (Å²) < 4.78 is 0. The standard InChI is InChI=1S/C14H27N3O/c1-17-9-8-15-11-13(17)10-14(18)16-12-6-4-2-3-5-7-12/h12-13,15H,2-11H2,1H3,(H,16,18). The van der Waals surface area contributed by atoms with Gasteiger partial charge in [-0.2, -0.15) is 0 Å². The summed E-state index contributed by atoms with van der Waals surface area (Å²) in [6.07, 6.45) is 8.20. The van der Waals surface area contributed by atoms with Gasteiger partial charge < -0.3 is 15.5 Å². The summed E-state index contributed by atoms with van der Waals surface area (Å²) in [5.74, 6) is 0.238. The second-order valence-corrected chi connectivity index (χ2v) is 5.80. The highest BCUT2D eigenvalue weighted by molar-refractivity contribution is 5.76. The molecule has 2 N–H and O–H groups in total. The van der Waals surface area contributed by atoms with E-state index in [0.717, 1.165) is 19.6 Å². The van der Waals surface area contributed by atoms with Crippen molar-refractivity contribution in [3.63, 3.8) is 0 Å². The van der Waals surface area contributed by atoms with Crippen molar-refractivity contribution in [3.05, 3.63) is 0 Å². The van der Waals surface area contributed by atoms with Crippen LogP contribution in [-0.4, -0.2) is 49.6 Å². The normalized spacial score (nSPS) is 27.7. The molecule has 2 rings (SSSR count). The van der Waals surface area contributed by atoms with Gasteiger partial charge in [-0.1, -0.05) is 25.7 Å². The van der Waals surface area contributed by atoms with Crippen LogP contribution in [0.4, 0.5) is 0 Å². The summed E-state index contributed by atoms with van der Waals surface area (Å²) in [6, 6.07) is 0.798. The lowest BCUT2D eigenvalue weighted by molar-refractivity contribution is -0.123. The van der Waals surface area contributed by atoms with Crippen LogP contribution in [0.2, 0.25) is 0 Å². The van der Waals surface area contributed by atoms with E-state index in [9.17, 15) is 4.79 Å². The van der Waals surface area contributed by atoms with Gasteiger partial charge in [0.05, 0.1) is 0 Å². The molecule has 0 aromatic heterocycles. The molecule has 1 heterocycles. The minimum Gasteiger partial charge on any atom is -0.353 e. The van der Waals surface area contributed by atoms with E-state index in [0.29, 0.717) is 18.5 Å². The van der Waals surface area contributed by atoms with Crippen LogP contribution >= 0.6 is 0 Å². The van der Waals surface area contributed by atoms with E-state index < -0.39 is 0 Å². The molecule has 1 aliphatic heterocycles. The van der Waals surface area contributed by atoms with E-state index in [1.54, 1.807) is 0 Å². The lowest BCUT2D eigenvalue weighted by Gasteiger charge is -2.33. The molecule has 1 amide bonds. The van der Waals surface area contributed by atoms with Gasteiger partial charge >= 0.3 is 0 Å². The van der Waals surface area contributed by atoms with E-state index in [1.807, 2.05) is 0 Å². The predicted molar refractivity (Wildman–Crippen MR) is 73.5 cm³/mol. The molecule has 0 spiro atoms. The molecule has 1 saturated heterocycles. The Kier molecular flexibility index (Phi) is 5.45. The number of nitrogens with one attached hydrogen (secondary N) is 2. The minimum atomic E-state index is 0.238. The fourth-order valence-electron chi connectivity index (χ4n) is 3.01. The molecule has 0 bridgehead atoms. The molecule has 0 radical (unpaired) electrons.